The molecule has 1 aromatic heterocycles. The third kappa shape index (κ3) is 4.32. The van der Waals surface area contributed by atoms with Crippen LogP contribution in [0.1, 0.15) is 18.1 Å². The van der Waals surface area contributed by atoms with E-state index in [4.69, 9.17) is 21.1 Å². The van der Waals surface area contributed by atoms with Crippen molar-refractivity contribution in [2.75, 3.05) is 0 Å². The van der Waals surface area contributed by atoms with Crippen LogP contribution in [0, 0.1) is 17.0 Å². The number of halogens is 1. The Labute approximate surface area is 160 Å². The minimum atomic E-state index is -0.631. The van der Waals surface area contributed by atoms with E-state index in [1.54, 1.807) is 37.3 Å². The molecule has 0 saturated heterocycles. The summed E-state index contributed by atoms with van der Waals surface area (Å²) in [4.78, 5) is 18.7. The number of aryl methyl sites for hydroxylation is 2. The van der Waals surface area contributed by atoms with E-state index in [1.807, 2.05) is 19.1 Å². The van der Waals surface area contributed by atoms with Crippen LogP contribution in [0.4, 0.5) is 5.69 Å². The molecule has 3 rings (SSSR count). The highest BCUT2D eigenvalue weighted by molar-refractivity contribution is 6.31. The van der Waals surface area contributed by atoms with E-state index >= 15 is 0 Å². The van der Waals surface area contributed by atoms with E-state index in [-0.39, 0.29) is 11.8 Å². The third-order valence-corrected chi connectivity index (χ3v) is 4.25. The van der Waals surface area contributed by atoms with Crippen LogP contribution in [-0.2, 0) is 6.42 Å². The summed E-state index contributed by atoms with van der Waals surface area (Å²) in [5.41, 5.74) is 1.45. The Bertz CT molecular complexity index is 977. The van der Waals surface area contributed by atoms with Crippen molar-refractivity contribution in [1.29, 1.82) is 0 Å². The van der Waals surface area contributed by atoms with Crippen LogP contribution in [0.3, 0.4) is 0 Å². The number of hydrogen-bond donors (Lipinski definition) is 0. The van der Waals surface area contributed by atoms with Gasteiger partial charge in [-0.05, 0) is 54.8 Å². The highest BCUT2D eigenvalue weighted by Gasteiger charge is 2.27. The molecule has 138 valence electrons. The molecule has 0 aliphatic carbocycles. The zero-order chi connectivity index (χ0) is 19.4. The smallest absolute Gasteiger partial charge is 0.393 e. The van der Waals surface area contributed by atoms with Gasteiger partial charge >= 0.3 is 17.4 Å². The second-order valence-corrected chi connectivity index (χ2v) is 6.11. The lowest BCUT2D eigenvalue weighted by Gasteiger charge is -2.09. The maximum Gasteiger partial charge on any atom is 0.393 e. The molecule has 0 aliphatic heterocycles. The van der Waals surface area contributed by atoms with Gasteiger partial charge in [0.25, 0.3) is 0 Å². The molecule has 0 radical (unpaired) electrons. The minimum absolute atomic E-state index is 0.195. The lowest BCUT2D eigenvalue weighted by molar-refractivity contribution is -0.387. The Hall–Kier alpha value is -3.19. The Balaban J connectivity index is 1.94. The van der Waals surface area contributed by atoms with Crippen molar-refractivity contribution in [2.24, 2.45) is 0 Å². The summed E-state index contributed by atoms with van der Waals surface area (Å²) in [5.74, 6) is 0.399. The van der Waals surface area contributed by atoms with Gasteiger partial charge in [0, 0.05) is 5.02 Å². The maximum atomic E-state index is 11.6. The first-order chi connectivity index (χ1) is 13.0. The Kier molecular flexibility index (Phi) is 5.52. The predicted molar refractivity (Wildman–Crippen MR) is 101 cm³/mol. The van der Waals surface area contributed by atoms with Gasteiger partial charge in [-0.3, -0.25) is 10.1 Å². The highest BCUT2D eigenvalue weighted by Crippen LogP contribution is 2.38. The summed E-state index contributed by atoms with van der Waals surface area (Å²) in [6.07, 6.45) is 2.04. The average Bonchev–Trinajstić information content (AvgIpc) is 2.65. The molecule has 0 spiro atoms. The van der Waals surface area contributed by atoms with Gasteiger partial charge in [-0.15, -0.1) is 0 Å². The first kappa shape index (κ1) is 18.6. The molecule has 0 amide bonds. The van der Waals surface area contributed by atoms with Gasteiger partial charge in [-0.1, -0.05) is 30.7 Å². The summed E-state index contributed by atoms with van der Waals surface area (Å²) in [7, 11) is 0. The first-order valence-corrected chi connectivity index (χ1v) is 8.56. The van der Waals surface area contributed by atoms with Gasteiger partial charge in [-0.2, -0.15) is 9.97 Å². The zero-order valence-corrected chi connectivity index (χ0v) is 15.4. The van der Waals surface area contributed by atoms with Gasteiger partial charge in [0.1, 0.15) is 17.8 Å². The van der Waals surface area contributed by atoms with Gasteiger partial charge in [0.05, 0.1) is 4.92 Å². The zero-order valence-electron chi connectivity index (χ0n) is 14.7. The van der Waals surface area contributed by atoms with Crippen molar-refractivity contribution in [2.45, 2.75) is 20.3 Å². The number of ether oxygens (including phenoxy) is 2. The molecule has 0 fully saturated rings. The molecule has 0 N–H and O–H groups in total. The monoisotopic (exact) mass is 385 g/mol. The van der Waals surface area contributed by atoms with Gasteiger partial charge in [-0.25, -0.2) is 0 Å². The van der Waals surface area contributed by atoms with Gasteiger partial charge in [0.2, 0.25) is 0 Å². The molecular weight excluding hydrogens is 370 g/mol. The molecule has 0 saturated carbocycles. The molecule has 0 bridgehead atoms. The van der Waals surface area contributed by atoms with Crippen LogP contribution in [0.5, 0.6) is 23.3 Å². The summed E-state index contributed by atoms with van der Waals surface area (Å²) in [5, 5.41) is 12.2. The molecule has 0 atom stereocenters. The SMILES string of the molecule is CCc1ccc(Oc2ncnc(Oc3ccc(Cl)c(C)c3)c2[N+](=O)[O-])cc1. The van der Waals surface area contributed by atoms with Crippen molar-refractivity contribution in [3.05, 3.63) is 75.1 Å². The molecule has 3 aromatic rings. The van der Waals surface area contributed by atoms with E-state index < -0.39 is 10.6 Å². The van der Waals surface area contributed by atoms with E-state index in [2.05, 4.69) is 9.97 Å². The maximum absolute atomic E-state index is 11.6. The summed E-state index contributed by atoms with van der Waals surface area (Å²) < 4.78 is 11.2. The quantitative estimate of drug-likeness (QED) is 0.411. The predicted octanol–water partition coefficient (Wildman–Crippen LogP) is 5.49. The molecular formula is C19H16ClN3O4. The van der Waals surface area contributed by atoms with E-state index in [0.717, 1.165) is 23.9 Å². The Morgan fingerprint density at radius 3 is 2.19 bits per heavy atom. The number of nitrogens with zero attached hydrogens (tertiary/aromatic N) is 3. The second kappa shape index (κ2) is 8.01. The molecule has 2 aromatic carbocycles. The summed E-state index contributed by atoms with van der Waals surface area (Å²) in [6, 6.07) is 12.1. The number of nitro groups is 1. The van der Waals surface area contributed by atoms with Crippen LogP contribution in [-0.4, -0.2) is 14.9 Å². The normalized spacial score (nSPS) is 10.5. The van der Waals surface area contributed by atoms with E-state index in [0.29, 0.717) is 16.5 Å². The fraction of sp³-hybridized carbons (Fsp3) is 0.158. The molecule has 0 aliphatic rings. The fourth-order valence-corrected chi connectivity index (χ4v) is 2.47. The molecule has 1 heterocycles. The van der Waals surface area contributed by atoms with Crippen LogP contribution >= 0.6 is 11.6 Å². The van der Waals surface area contributed by atoms with Gasteiger partial charge < -0.3 is 9.47 Å². The molecule has 0 unspecified atom stereocenters. The van der Waals surface area contributed by atoms with Crippen LogP contribution in [0.15, 0.2) is 48.8 Å². The topological polar surface area (TPSA) is 87.4 Å². The number of rotatable bonds is 6. The van der Waals surface area contributed by atoms with Crippen molar-refractivity contribution in [1.82, 2.24) is 9.97 Å². The van der Waals surface area contributed by atoms with E-state index in [1.165, 1.54) is 0 Å². The van der Waals surface area contributed by atoms with Crippen molar-refractivity contribution < 1.29 is 14.4 Å². The van der Waals surface area contributed by atoms with Crippen LogP contribution in [0.2, 0.25) is 5.02 Å². The molecule has 7 nitrogen and oxygen atoms in total. The second-order valence-electron chi connectivity index (χ2n) is 5.70. The Morgan fingerprint density at radius 2 is 1.63 bits per heavy atom. The summed E-state index contributed by atoms with van der Waals surface area (Å²) in [6.45, 7) is 3.84. The van der Waals surface area contributed by atoms with E-state index in [9.17, 15) is 10.1 Å². The number of hydrogen-bond acceptors (Lipinski definition) is 6. The largest absolute Gasteiger partial charge is 0.433 e. The minimum Gasteiger partial charge on any atom is -0.433 e. The Morgan fingerprint density at radius 1 is 1.04 bits per heavy atom. The lowest BCUT2D eigenvalue weighted by atomic mass is 10.2. The first-order valence-electron chi connectivity index (χ1n) is 8.18. The van der Waals surface area contributed by atoms with Gasteiger partial charge in [0.15, 0.2) is 0 Å². The van der Waals surface area contributed by atoms with Crippen molar-refractivity contribution in [3.63, 3.8) is 0 Å². The van der Waals surface area contributed by atoms with Crippen LogP contribution in [0.25, 0.3) is 0 Å². The standard InChI is InChI=1S/C19H16ClN3O4/c1-3-13-4-6-14(7-5-13)26-18-17(23(24)25)19(22-11-21-18)27-15-8-9-16(20)12(2)10-15/h4-11H,3H2,1-2H3. The lowest BCUT2D eigenvalue weighted by Crippen LogP contribution is -2.01. The third-order valence-electron chi connectivity index (χ3n) is 3.83. The number of benzene rings is 2. The molecule has 27 heavy (non-hydrogen) atoms. The average molecular weight is 386 g/mol. The summed E-state index contributed by atoms with van der Waals surface area (Å²) >= 11 is 5.99. The number of aromatic nitrogens is 2. The van der Waals surface area contributed by atoms with Crippen LogP contribution < -0.4 is 9.47 Å². The fourth-order valence-electron chi connectivity index (χ4n) is 2.35. The molecule has 8 heteroatoms. The van der Waals surface area contributed by atoms with Crippen molar-refractivity contribution in [3.8, 4) is 23.3 Å². The highest BCUT2D eigenvalue weighted by atomic mass is 35.5. The van der Waals surface area contributed by atoms with Crippen molar-refractivity contribution >= 4 is 17.3 Å².